The Morgan fingerprint density at radius 1 is 1.30 bits per heavy atom. The Morgan fingerprint density at radius 3 is 2.70 bits per heavy atom. The molecule has 0 saturated heterocycles. The summed E-state index contributed by atoms with van der Waals surface area (Å²) < 4.78 is 5.91. The summed E-state index contributed by atoms with van der Waals surface area (Å²) in [6, 6.07) is 16.4. The highest BCUT2D eigenvalue weighted by Crippen LogP contribution is 2.28. The molecule has 3 rings (SSSR count). The summed E-state index contributed by atoms with van der Waals surface area (Å²) in [6.07, 6.45) is 2.61. The second kappa shape index (κ2) is 8.37. The molecule has 0 aliphatic carbocycles. The lowest BCUT2D eigenvalue weighted by Crippen LogP contribution is -2.50. The van der Waals surface area contributed by atoms with Gasteiger partial charge in [-0.2, -0.15) is 5.26 Å². The number of hydrogen-bond acceptors (Lipinski definition) is 4. The van der Waals surface area contributed by atoms with Crippen LogP contribution in [0.15, 0.2) is 59.6 Å². The summed E-state index contributed by atoms with van der Waals surface area (Å²) in [7, 11) is 0. The molecule has 1 aliphatic rings. The number of fused-ring (bicyclic) bond motifs is 1. The van der Waals surface area contributed by atoms with E-state index in [1.165, 1.54) is 0 Å². The molecule has 0 bridgehead atoms. The van der Waals surface area contributed by atoms with Crippen molar-refractivity contribution in [2.75, 3.05) is 5.32 Å². The molecule has 1 aliphatic heterocycles. The molecule has 138 valence electrons. The molecular formula is C21H22N4O2. The smallest absolute Gasteiger partial charge is 0.309 e. The van der Waals surface area contributed by atoms with Gasteiger partial charge in [-0.15, -0.1) is 4.99 Å². The molecule has 6 nitrogen and oxygen atoms in total. The minimum Gasteiger partial charge on any atom is -0.425 e. The highest BCUT2D eigenvalue weighted by atomic mass is 16.5. The van der Waals surface area contributed by atoms with Crippen molar-refractivity contribution in [3.05, 3.63) is 60.2 Å². The van der Waals surface area contributed by atoms with E-state index in [4.69, 9.17) is 4.74 Å². The van der Waals surface area contributed by atoms with Gasteiger partial charge in [-0.05, 0) is 29.7 Å². The quantitative estimate of drug-likeness (QED) is 0.512. The summed E-state index contributed by atoms with van der Waals surface area (Å²) in [5.74, 6) is 0.478. The maximum atomic E-state index is 13.0. The molecule has 2 aromatic carbocycles. The fraction of sp³-hybridized carbons (Fsp3) is 0.286. The summed E-state index contributed by atoms with van der Waals surface area (Å²) >= 11 is 0. The van der Waals surface area contributed by atoms with Gasteiger partial charge < -0.3 is 15.0 Å². The van der Waals surface area contributed by atoms with Crippen LogP contribution in [0.1, 0.15) is 25.8 Å². The minimum absolute atomic E-state index is 0.0441. The molecule has 0 unspecified atom stereocenters. The Morgan fingerprint density at radius 2 is 2.00 bits per heavy atom. The van der Waals surface area contributed by atoms with Gasteiger partial charge in [0.15, 0.2) is 0 Å². The number of ether oxygens (including phenoxy) is 1. The van der Waals surface area contributed by atoms with E-state index in [9.17, 15) is 10.1 Å². The first-order valence-electron chi connectivity index (χ1n) is 8.99. The molecule has 0 radical (unpaired) electrons. The molecule has 1 N–H and O–H groups in total. The summed E-state index contributed by atoms with van der Waals surface area (Å²) in [5, 5.41) is 12.2. The monoisotopic (exact) mass is 362 g/mol. The SMILES string of the molecule is CC[C@H](C)[C@H]1C(=O)Nc2ccccc2CN1C(=NC#N)Oc1ccccc1. The van der Waals surface area contributed by atoms with Crippen LogP contribution in [0.25, 0.3) is 0 Å². The van der Waals surface area contributed by atoms with E-state index in [1.807, 2.05) is 62.5 Å². The minimum atomic E-state index is -0.502. The Labute approximate surface area is 159 Å². The van der Waals surface area contributed by atoms with Crippen molar-refractivity contribution in [2.24, 2.45) is 10.9 Å². The van der Waals surface area contributed by atoms with Crippen LogP contribution in [-0.2, 0) is 11.3 Å². The van der Waals surface area contributed by atoms with E-state index in [2.05, 4.69) is 10.3 Å². The molecule has 0 fully saturated rings. The third-order valence-electron chi connectivity index (χ3n) is 4.75. The molecule has 0 spiro atoms. The largest absolute Gasteiger partial charge is 0.425 e. The first-order valence-corrected chi connectivity index (χ1v) is 8.99. The maximum Gasteiger partial charge on any atom is 0.309 e. The first-order chi connectivity index (χ1) is 13.1. The fourth-order valence-corrected chi connectivity index (χ4v) is 3.17. The number of amidine groups is 1. The molecule has 0 aromatic heterocycles. The van der Waals surface area contributed by atoms with Crippen LogP contribution in [0.4, 0.5) is 5.69 Å². The number of anilines is 1. The van der Waals surface area contributed by atoms with Crippen LogP contribution in [0, 0.1) is 17.4 Å². The van der Waals surface area contributed by atoms with Crippen LogP contribution in [-0.4, -0.2) is 22.9 Å². The fourth-order valence-electron chi connectivity index (χ4n) is 3.17. The lowest BCUT2D eigenvalue weighted by atomic mass is 9.97. The molecule has 1 amide bonds. The molecule has 6 heteroatoms. The second-order valence-electron chi connectivity index (χ2n) is 6.51. The number of nitrogens with zero attached hydrogens (tertiary/aromatic N) is 3. The number of nitrogens with one attached hydrogen (secondary N) is 1. The van der Waals surface area contributed by atoms with Gasteiger partial charge in [0.1, 0.15) is 11.8 Å². The number of para-hydroxylation sites is 2. The topological polar surface area (TPSA) is 77.7 Å². The number of carbonyl (C=O) groups is 1. The van der Waals surface area contributed by atoms with Gasteiger partial charge in [-0.25, -0.2) is 0 Å². The predicted octanol–water partition coefficient (Wildman–Crippen LogP) is 3.77. The van der Waals surface area contributed by atoms with Gasteiger partial charge in [0, 0.05) is 5.69 Å². The van der Waals surface area contributed by atoms with E-state index in [1.54, 1.807) is 17.0 Å². The van der Waals surface area contributed by atoms with Crippen LogP contribution in [0.2, 0.25) is 0 Å². The van der Waals surface area contributed by atoms with Crippen LogP contribution < -0.4 is 10.1 Å². The summed E-state index contributed by atoms with van der Waals surface area (Å²) in [6.45, 7) is 4.46. The summed E-state index contributed by atoms with van der Waals surface area (Å²) in [5.41, 5.74) is 1.72. The number of amides is 1. The average molecular weight is 362 g/mol. The highest BCUT2D eigenvalue weighted by Gasteiger charge is 2.36. The van der Waals surface area contributed by atoms with Gasteiger partial charge in [-0.3, -0.25) is 4.79 Å². The van der Waals surface area contributed by atoms with E-state index in [0.717, 1.165) is 17.7 Å². The van der Waals surface area contributed by atoms with E-state index < -0.39 is 6.04 Å². The zero-order valence-electron chi connectivity index (χ0n) is 15.4. The van der Waals surface area contributed by atoms with Gasteiger partial charge >= 0.3 is 6.02 Å². The number of aliphatic imine (C=N–C) groups is 1. The van der Waals surface area contributed by atoms with Crippen molar-refractivity contribution in [3.63, 3.8) is 0 Å². The Hall–Kier alpha value is -3.33. The number of hydrogen-bond donors (Lipinski definition) is 1. The predicted molar refractivity (Wildman–Crippen MR) is 104 cm³/mol. The van der Waals surface area contributed by atoms with Crippen molar-refractivity contribution in [2.45, 2.75) is 32.9 Å². The van der Waals surface area contributed by atoms with Gasteiger partial charge in [0.2, 0.25) is 12.1 Å². The van der Waals surface area contributed by atoms with E-state index in [0.29, 0.717) is 12.3 Å². The number of nitriles is 1. The first kappa shape index (κ1) is 18.5. The molecular weight excluding hydrogens is 340 g/mol. The molecule has 1 heterocycles. The normalized spacial score (nSPS) is 18.0. The lowest BCUT2D eigenvalue weighted by Gasteiger charge is -2.33. The molecule has 2 aromatic rings. The number of rotatable bonds is 3. The van der Waals surface area contributed by atoms with Crippen LogP contribution in [0.3, 0.4) is 0 Å². The van der Waals surface area contributed by atoms with Crippen molar-refractivity contribution in [1.29, 1.82) is 5.26 Å². The lowest BCUT2D eigenvalue weighted by molar-refractivity contribution is -0.121. The zero-order valence-corrected chi connectivity index (χ0v) is 15.4. The van der Waals surface area contributed by atoms with Gasteiger partial charge in [0.05, 0.1) is 6.54 Å². The van der Waals surface area contributed by atoms with Crippen LogP contribution in [0.5, 0.6) is 5.75 Å². The van der Waals surface area contributed by atoms with Gasteiger partial charge in [-0.1, -0.05) is 56.7 Å². The average Bonchev–Trinajstić information content (AvgIpc) is 2.83. The Balaban J connectivity index is 2.04. The second-order valence-corrected chi connectivity index (χ2v) is 6.51. The van der Waals surface area contributed by atoms with Crippen molar-refractivity contribution >= 4 is 17.6 Å². The third-order valence-corrected chi connectivity index (χ3v) is 4.75. The van der Waals surface area contributed by atoms with Crippen LogP contribution >= 0.6 is 0 Å². The molecule has 2 atom stereocenters. The van der Waals surface area contributed by atoms with Crippen molar-refractivity contribution in [1.82, 2.24) is 4.90 Å². The molecule has 0 saturated carbocycles. The van der Waals surface area contributed by atoms with Crippen molar-refractivity contribution < 1.29 is 9.53 Å². The van der Waals surface area contributed by atoms with E-state index >= 15 is 0 Å². The Kier molecular flexibility index (Phi) is 5.72. The number of benzene rings is 2. The zero-order chi connectivity index (χ0) is 19.2. The van der Waals surface area contributed by atoms with Gasteiger partial charge in [0.25, 0.3) is 0 Å². The highest BCUT2D eigenvalue weighted by molar-refractivity contribution is 5.99. The third kappa shape index (κ3) is 4.09. The van der Waals surface area contributed by atoms with E-state index in [-0.39, 0.29) is 17.8 Å². The summed E-state index contributed by atoms with van der Waals surface area (Å²) in [4.78, 5) is 18.7. The standard InChI is InChI=1S/C21H22N4O2/c1-3-15(2)19-20(26)24-18-12-8-7-9-16(18)13-25(19)21(23-14-22)27-17-10-5-4-6-11-17/h4-12,15,19H,3,13H2,1-2H3,(H,24,26)/t15-,19-/m0/s1. The Bertz CT molecular complexity index is 873. The molecule has 27 heavy (non-hydrogen) atoms. The number of carbonyl (C=O) groups excluding carboxylic acids is 1. The van der Waals surface area contributed by atoms with Crippen molar-refractivity contribution in [3.8, 4) is 11.9 Å². The maximum absolute atomic E-state index is 13.0.